The van der Waals surface area contributed by atoms with Gasteiger partial charge in [0.2, 0.25) is 5.91 Å². The van der Waals surface area contributed by atoms with Gasteiger partial charge in [-0.25, -0.2) is 5.06 Å². The number of carbonyl (C=O) groups excluding carboxylic acids is 1. The summed E-state index contributed by atoms with van der Waals surface area (Å²) in [5.74, 6) is -0.199. The van der Waals surface area contributed by atoms with E-state index in [0.29, 0.717) is 19.3 Å². The lowest BCUT2D eigenvalue weighted by Gasteiger charge is -2.43. The standard InChI is InChI=1S/C15H30N4O3Si/c1-15(2,3)23(6,7)22-13-10-11(14(20)19(4)21-5)8-9-12(13)17-18-16/h11-13H,8-10H2,1-7H3/t11-,12+,13-/m0/s1. The van der Waals surface area contributed by atoms with E-state index in [0.717, 1.165) is 0 Å². The smallest absolute Gasteiger partial charge is 0.249 e. The molecule has 0 spiro atoms. The highest BCUT2D eigenvalue weighted by Gasteiger charge is 2.43. The van der Waals surface area contributed by atoms with E-state index in [2.05, 4.69) is 43.9 Å². The van der Waals surface area contributed by atoms with Crippen molar-refractivity contribution < 1.29 is 14.1 Å². The van der Waals surface area contributed by atoms with Gasteiger partial charge in [-0.1, -0.05) is 25.9 Å². The normalized spacial score (nSPS) is 25.6. The number of azide groups is 1. The first-order chi connectivity index (χ1) is 10.5. The molecule has 0 aliphatic heterocycles. The van der Waals surface area contributed by atoms with Crippen molar-refractivity contribution in [3.8, 4) is 0 Å². The molecule has 1 rings (SSSR count). The van der Waals surface area contributed by atoms with Crippen LogP contribution in [0.4, 0.5) is 0 Å². The van der Waals surface area contributed by atoms with Crippen molar-refractivity contribution in [2.45, 2.75) is 70.3 Å². The summed E-state index contributed by atoms with van der Waals surface area (Å²) in [6.07, 6.45) is 1.72. The number of hydroxylamine groups is 2. The van der Waals surface area contributed by atoms with Crippen LogP contribution in [0.2, 0.25) is 18.1 Å². The molecule has 0 aromatic rings. The van der Waals surface area contributed by atoms with Gasteiger partial charge in [0, 0.05) is 17.9 Å². The molecule has 0 radical (unpaired) electrons. The molecule has 0 bridgehead atoms. The summed E-state index contributed by atoms with van der Waals surface area (Å²) in [5, 5.41) is 5.24. The maximum atomic E-state index is 12.4. The Balaban J connectivity index is 2.93. The van der Waals surface area contributed by atoms with E-state index in [1.807, 2.05) is 0 Å². The molecule has 7 nitrogen and oxygen atoms in total. The van der Waals surface area contributed by atoms with Crippen LogP contribution >= 0.6 is 0 Å². The largest absolute Gasteiger partial charge is 0.414 e. The molecule has 132 valence electrons. The van der Waals surface area contributed by atoms with E-state index in [-0.39, 0.29) is 29.0 Å². The monoisotopic (exact) mass is 342 g/mol. The van der Waals surface area contributed by atoms with Crippen LogP contribution < -0.4 is 0 Å². The third-order valence-electron chi connectivity index (χ3n) is 5.14. The molecule has 0 aromatic carbocycles. The average Bonchev–Trinajstić information content (AvgIpc) is 2.46. The van der Waals surface area contributed by atoms with Crippen LogP contribution in [0.3, 0.4) is 0 Å². The lowest BCUT2D eigenvalue weighted by molar-refractivity contribution is -0.175. The topological polar surface area (TPSA) is 87.5 Å². The third kappa shape index (κ3) is 4.94. The van der Waals surface area contributed by atoms with Crippen LogP contribution in [0.1, 0.15) is 40.0 Å². The Kier molecular flexibility index (Phi) is 6.65. The lowest BCUT2D eigenvalue weighted by Crippen LogP contribution is -2.49. The van der Waals surface area contributed by atoms with Gasteiger partial charge in [-0.2, -0.15) is 0 Å². The van der Waals surface area contributed by atoms with Gasteiger partial charge in [0.15, 0.2) is 8.32 Å². The average molecular weight is 343 g/mol. The molecular weight excluding hydrogens is 312 g/mol. The minimum atomic E-state index is -2.00. The number of hydrogen-bond acceptors (Lipinski definition) is 4. The summed E-state index contributed by atoms with van der Waals surface area (Å²) in [4.78, 5) is 20.3. The number of carbonyl (C=O) groups is 1. The Morgan fingerprint density at radius 3 is 2.43 bits per heavy atom. The molecule has 1 amide bonds. The Bertz CT molecular complexity index is 472. The van der Waals surface area contributed by atoms with E-state index in [9.17, 15) is 4.79 Å². The van der Waals surface area contributed by atoms with Crippen molar-refractivity contribution in [1.29, 1.82) is 0 Å². The van der Waals surface area contributed by atoms with Gasteiger partial charge in [-0.3, -0.25) is 9.63 Å². The van der Waals surface area contributed by atoms with Gasteiger partial charge in [0.1, 0.15) is 0 Å². The molecule has 0 unspecified atom stereocenters. The Morgan fingerprint density at radius 2 is 1.96 bits per heavy atom. The summed E-state index contributed by atoms with van der Waals surface area (Å²) >= 11 is 0. The first-order valence-corrected chi connectivity index (χ1v) is 11.0. The predicted molar refractivity (Wildman–Crippen MR) is 92.1 cm³/mol. The zero-order valence-corrected chi connectivity index (χ0v) is 16.4. The van der Waals surface area contributed by atoms with Crippen molar-refractivity contribution >= 4 is 14.2 Å². The van der Waals surface area contributed by atoms with Gasteiger partial charge in [-0.05, 0) is 42.9 Å². The number of nitrogens with zero attached hydrogens (tertiary/aromatic N) is 4. The number of hydrogen-bond donors (Lipinski definition) is 0. The van der Waals surface area contributed by atoms with Crippen LogP contribution in [0.25, 0.3) is 10.4 Å². The van der Waals surface area contributed by atoms with E-state index in [1.165, 1.54) is 12.2 Å². The third-order valence-corrected chi connectivity index (χ3v) is 9.65. The molecule has 23 heavy (non-hydrogen) atoms. The fraction of sp³-hybridized carbons (Fsp3) is 0.933. The molecule has 1 aliphatic carbocycles. The van der Waals surface area contributed by atoms with Gasteiger partial charge in [0.05, 0.1) is 19.3 Å². The second-order valence-corrected chi connectivity index (χ2v) is 12.5. The predicted octanol–water partition coefficient (Wildman–Crippen LogP) is 3.88. The van der Waals surface area contributed by atoms with E-state index in [1.54, 1.807) is 7.05 Å². The fourth-order valence-corrected chi connectivity index (χ4v) is 3.93. The highest BCUT2D eigenvalue weighted by Crippen LogP contribution is 2.40. The van der Waals surface area contributed by atoms with Crippen molar-refractivity contribution in [3.63, 3.8) is 0 Å². The maximum Gasteiger partial charge on any atom is 0.249 e. The van der Waals surface area contributed by atoms with E-state index in [4.69, 9.17) is 14.8 Å². The molecule has 0 saturated heterocycles. The molecule has 1 saturated carbocycles. The second-order valence-electron chi connectivity index (χ2n) is 7.72. The lowest BCUT2D eigenvalue weighted by atomic mass is 9.83. The summed E-state index contributed by atoms with van der Waals surface area (Å²) in [7, 11) is 1.09. The number of amides is 1. The van der Waals surface area contributed by atoms with Crippen LogP contribution in [0, 0.1) is 5.92 Å². The SMILES string of the molecule is CON(C)C(=O)[C@H]1CC[C@@H](N=[N+]=[N-])[C@@H](O[Si](C)(C)C(C)(C)C)C1. The van der Waals surface area contributed by atoms with Crippen molar-refractivity contribution in [2.24, 2.45) is 11.0 Å². The molecule has 0 aromatic heterocycles. The van der Waals surface area contributed by atoms with Crippen molar-refractivity contribution in [2.75, 3.05) is 14.2 Å². The second kappa shape index (κ2) is 7.66. The maximum absolute atomic E-state index is 12.4. The summed E-state index contributed by atoms with van der Waals surface area (Å²) in [5.41, 5.74) is 8.81. The van der Waals surface area contributed by atoms with Crippen LogP contribution in [-0.2, 0) is 14.1 Å². The van der Waals surface area contributed by atoms with Crippen molar-refractivity contribution in [3.05, 3.63) is 10.4 Å². The minimum Gasteiger partial charge on any atom is -0.414 e. The van der Waals surface area contributed by atoms with Gasteiger partial charge < -0.3 is 4.43 Å². The minimum absolute atomic E-state index is 0.0456. The van der Waals surface area contributed by atoms with Crippen LogP contribution in [0.5, 0.6) is 0 Å². The summed E-state index contributed by atoms with van der Waals surface area (Å²) in [6.45, 7) is 10.9. The van der Waals surface area contributed by atoms with E-state index >= 15 is 0 Å². The van der Waals surface area contributed by atoms with Gasteiger partial charge in [0.25, 0.3) is 0 Å². The molecular formula is C15H30N4O3Si. The highest BCUT2D eigenvalue weighted by atomic mass is 28.4. The van der Waals surface area contributed by atoms with Gasteiger partial charge in [-0.15, -0.1) is 0 Å². The Morgan fingerprint density at radius 1 is 1.35 bits per heavy atom. The highest BCUT2D eigenvalue weighted by molar-refractivity contribution is 6.74. The molecule has 3 atom stereocenters. The molecule has 8 heteroatoms. The van der Waals surface area contributed by atoms with Crippen LogP contribution in [0.15, 0.2) is 5.11 Å². The first-order valence-electron chi connectivity index (χ1n) is 8.07. The zero-order chi connectivity index (χ0) is 17.8. The first kappa shape index (κ1) is 20.0. The Labute approximate surface area is 140 Å². The van der Waals surface area contributed by atoms with Crippen molar-refractivity contribution in [1.82, 2.24) is 5.06 Å². The van der Waals surface area contributed by atoms with Gasteiger partial charge >= 0.3 is 0 Å². The van der Waals surface area contributed by atoms with Crippen LogP contribution in [-0.4, -0.2) is 45.6 Å². The zero-order valence-electron chi connectivity index (χ0n) is 15.4. The fourth-order valence-electron chi connectivity index (χ4n) is 2.56. The molecule has 0 N–H and O–H groups in total. The van der Waals surface area contributed by atoms with E-state index < -0.39 is 8.32 Å². The number of rotatable bonds is 5. The Hall–Kier alpha value is -1.08. The summed E-state index contributed by atoms with van der Waals surface area (Å²) in [6, 6.07) is -0.203. The molecule has 1 fully saturated rings. The molecule has 1 aliphatic rings. The summed E-state index contributed by atoms with van der Waals surface area (Å²) < 4.78 is 6.46. The quantitative estimate of drug-likeness (QED) is 0.250. The molecule has 0 heterocycles.